The lowest BCUT2D eigenvalue weighted by Crippen LogP contribution is -2.43. The van der Waals surface area contributed by atoms with E-state index in [1.54, 1.807) is 12.1 Å². The number of amides is 2. The smallest absolute Gasteiger partial charge is 0.497 e. The van der Waals surface area contributed by atoms with Crippen molar-refractivity contribution in [3.63, 3.8) is 0 Å². The number of hydrogen-bond donors (Lipinski definition) is 1. The number of rotatable bonds is 5. The Morgan fingerprint density at radius 2 is 1.72 bits per heavy atom. The van der Waals surface area contributed by atoms with Crippen molar-refractivity contribution in [1.82, 2.24) is 4.90 Å². The van der Waals surface area contributed by atoms with Gasteiger partial charge >= 0.3 is 18.6 Å². The van der Waals surface area contributed by atoms with Gasteiger partial charge in [0.1, 0.15) is 17.2 Å². The summed E-state index contributed by atoms with van der Waals surface area (Å²) in [5.41, 5.74) is 0.121. The first-order valence-corrected chi connectivity index (χ1v) is 11.7. The molecule has 6 nitrogen and oxygen atoms in total. The van der Waals surface area contributed by atoms with Gasteiger partial charge in [-0.15, -0.1) is 13.2 Å². The van der Waals surface area contributed by atoms with Crippen LogP contribution in [0, 0.1) is 0 Å². The molecule has 1 N–H and O–H groups in total. The zero-order valence-electron chi connectivity index (χ0n) is 20.4. The normalized spacial score (nSPS) is 15.4. The molecule has 1 atom stereocenters. The number of carbonyl (C=O) groups excluding carboxylic acids is 1. The number of halogens is 7. The second kappa shape index (κ2) is 10.8. The third-order valence-electron chi connectivity index (χ3n) is 6.07. The predicted molar refractivity (Wildman–Crippen MR) is 130 cm³/mol. The van der Waals surface area contributed by atoms with Crippen LogP contribution in [0.5, 0.6) is 17.2 Å². The Labute approximate surface area is 224 Å². The van der Waals surface area contributed by atoms with E-state index < -0.39 is 35.9 Å². The fraction of sp³-hybridized carbons (Fsp3) is 0.269. The largest absolute Gasteiger partial charge is 0.573 e. The summed E-state index contributed by atoms with van der Waals surface area (Å²) in [6, 6.07) is 9.03. The minimum atomic E-state index is -4.95. The van der Waals surface area contributed by atoms with E-state index in [2.05, 4.69) is 10.1 Å². The molecule has 4 rings (SSSR count). The van der Waals surface area contributed by atoms with Crippen LogP contribution in [-0.4, -0.2) is 38.1 Å². The summed E-state index contributed by atoms with van der Waals surface area (Å²) in [6.45, 7) is 0.0563. The summed E-state index contributed by atoms with van der Waals surface area (Å²) >= 11 is 6.07. The second-order valence-corrected chi connectivity index (χ2v) is 8.90. The van der Waals surface area contributed by atoms with Crippen LogP contribution < -0.4 is 19.5 Å². The Morgan fingerprint density at radius 1 is 0.974 bits per heavy atom. The first-order valence-electron chi connectivity index (χ1n) is 11.4. The minimum absolute atomic E-state index is 0.0563. The van der Waals surface area contributed by atoms with Crippen molar-refractivity contribution in [2.24, 2.45) is 0 Å². The van der Waals surface area contributed by atoms with Crippen molar-refractivity contribution >= 4 is 23.3 Å². The molecule has 0 fully saturated rings. The van der Waals surface area contributed by atoms with E-state index >= 15 is 0 Å². The molecular weight excluding hydrogens is 554 g/mol. The zero-order valence-corrected chi connectivity index (χ0v) is 21.2. The second-order valence-electron chi connectivity index (χ2n) is 8.49. The van der Waals surface area contributed by atoms with Crippen LogP contribution in [0.3, 0.4) is 0 Å². The van der Waals surface area contributed by atoms with Gasteiger partial charge in [0.05, 0.1) is 36.5 Å². The first-order chi connectivity index (χ1) is 18.3. The molecule has 3 aromatic rings. The van der Waals surface area contributed by atoms with Crippen molar-refractivity contribution < 1.29 is 45.3 Å². The Kier molecular flexibility index (Phi) is 7.78. The van der Waals surface area contributed by atoms with E-state index in [1.165, 1.54) is 31.3 Å². The van der Waals surface area contributed by atoms with Crippen LogP contribution in [0.1, 0.15) is 28.3 Å². The molecule has 1 aliphatic rings. The highest BCUT2D eigenvalue weighted by Gasteiger charge is 2.37. The van der Waals surface area contributed by atoms with E-state index in [-0.39, 0.29) is 22.8 Å². The van der Waals surface area contributed by atoms with E-state index in [4.69, 9.17) is 21.1 Å². The number of methoxy groups -OCH3 is 2. The quantitative estimate of drug-likeness (QED) is 0.322. The molecule has 39 heavy (non-hydrogen) atoms. The van der Waals surface area contributed by atoms with Crippen LogP contribution in [0.15, 0.2) is 54.6 Å². The molecule has 0 aliphatic carbocycles. The van der Waals surface area contributed by atoms with Crippen molar-refractivity contribution in [2.75, 3.05) is 26.1 Å². The van der Waals surface area contributed by atoms with E-state index in [0.717, 1.165) is 24.3 Å². The highest BCUT2D eigenvalue weighted by Crippen LogP contribution is 2.44. The van der Waals surface area contributed by atoms with Gasteiger partial charge in [-0.3, -0.25) is 0 Å². The maximum Gasteiger partial charge on any atom is 0.573 e. The molecule has 208 valence electrons. The van der Waals surface area contributed by atoms with Gasteiger partial charge in [0.15, 0.2) is 0 Å². The summed E-state index contributed by atoms with van der Waals surface area (Å²) in [5.74, 6) is 0.249. The predicted octanol–water partition coefficient (Wildman–Crippen LogP) is 7.45. The number of benzene rings is 3. The summed E-state index contributed by atoms with van der Waals surface area (Å²) in [6.07, 6.45) is -9.34. The molecule has 0 saturated heterocycles. The molecule has 1 unspecified atom stereocenters. The number of anilines is 1. The van der Waals surface area contributed by atoms with Crippen molar-refractivity contribution in [2.45, 2.75) is 25.0 Å². The minimum Gasteiger partial charge on any atom is -0.497 e. The van der Waals surface area contributed by atoms with Crippen molar-refractivity contribution in [3.8, 4) is 17.2 Å². The molecule has 2 amide bonds. The Morgan fingerprint density at radius 3 is 2.36 bits per heavy atom. The lowest BCUT2D eigenvalue weighted by atomic mass is 9.87. The molecule has 0 bridgehead atoms. The SMILES string of the molecule is COc1cc2c(c(OC)c1)C(c1cccc(OC(F)(F)F)c1)N(C(=O)Nc1cc(C(F)(F)F)ccc1Cl)CC2. The monoisotopic (exact) mass is 574 g/mol. The fourth-order valence-corrected chi connectivity index (χ4v) is 4.58. The topological polar surface area (TPSA) is 60.0 Å². The standard InChI is InChI=1S/C26H21ClF6N2O4/c1-37-18-10-14-8-9-35(24(36)34-20-12-16(25(28,29)30)6-7-19(20)27)23(22(14)21(13-18)38-2)15-4-3-5-17(11-15)39-26(31,32)33/h3-7,10-13,23H,8-9H2,1-2H3,(H,34,36). The fourth-order valence-electron chi connectivity index (χ4n) is 4.42. The number of nitrogens with zero attached hydrogens (tertiary/aromatic N) is 1. The van der Waals surface area contributed by atoms with Crippen LogP contribution in [-0.2, 0) is 12.6 Å². The molecule has 1 heterocycles. The molecule has 1 aliphatic heterocycles. The van der Waals surface area contributed by atoms with Gasteiger partial charge in [-0.25, -0.2) is 4.79 Å². The molecule has 0 aromatic heterocycles. The number of alkyl halides is 6. The first kappa shape index (κ1) is 28.2. The van der Waals surface area contributed by atoms with E-state index in [0.29, 0.717) is 35.1 Å². The lowest BCUT2D eigenvalue weighted by Gasteiger charge is -2.38. The summed E-state index contributed by atoms with van der Waals surface area (Å²) in [4.78, 5) is 14.8. The maximum absolute atomic E-state index is 13.5. The zero-order chi connectivity index (χ0) is 28.5. The van der Waals surface area contributed by atoms with E-state index in [1.807, 2.05) is 0 Å². The van der Waals surface area contributed by atoms with Gasteiger partial charge in [-0.1, -0.05) is 23.7 Å². The molecule has 13 heteroatoms. The molecular formula is C26H21ClF6N2O4. The summed E-state index contributed by atoms with van der Waals surface area (Å²) in [7, 11) is 2.84. The number of nitrogens with one attached hydrogen (secondary N) is 1. The van der Waals surface area contributed by atoms with Gasteiger partial charge in [0.2, 0.25) is 0 Å². The highest BCUT2D eigenvalue weighted by atomic mass is 35.5. The average Bonchev–Trinajstić information content (AvgIpc) is 2.86. The van der Waals surface area contributed by atoms with Gasteiger partial charge in [0, 0.05) is 18.2 Å². The molecule has 0 saturated carbocycles. The molecule has 0 radical (unpaired) electrons. The van der Waals surface area contributed by atoms with Gasteiger partial charge in [-0.05, 0) is 53.9 Å². The summed E-state index contributed by atoms with van der Waals surface area (Å²) < 4.78 is 93.5. The third-order valence-corrected chi connectivity index (χ3v) is 6.40. The van der Waals surface area contributed by atoms with E-state index in [9.17, 15) is 31.1 Å². The van der Waals surface area contributed by atoms with Crippen LogP contribution in [0.2, 0.25) is 5.02 Å². The average molecular weight is 575 g/mol. The Bertz CT molecular complexity index is 1360. The number of urea groups is 1. The Balaban J connectivity index is 1.80. The Hall–Kier alpha value is -3.80. The van der Waals surface area contributed by atoms with Crippen LogP contribution in [0.25, 0.3) is 0 Å². The van der Waals surface area contributed by atoms with Crippen molar-refractivity contribution in [1.29, 1.82) is 0 Å². The molecule has 3 aromatic carbocycles. The number of ether oxygens (including phenoxy) is 3. The van der Waals surface area contributed by atoms with Gasteiger partial charge in [-0.2, -0.15) is 13.2 Å². The third kappa shape index (κ3) is 6.27. The van der Waals surface area contributed by atoms with Gasteiger partial charge < -0.3 is 24.4 Å². The summed E-state index contributed by atoms with van der Waals surface area (Å²) in [5, 5.41) is 2.28. The highest BCUT2D eigenvalue weighted by molar-refractivity contribution is 6.33. The molecule has 0 spiro atoms. The van der Waals surface area contributed by atoms with Gasteiger partial charge in [0.25, 0.3) is 0 Å². The number of hydrogen-bond acceptors (Lipinski definition) is 4. The van der Waals surface area contributed by atoms with Crippen molar-refractivity contribution in [3.05, 3.63) is 81.9 Å². The van der Waals surface area contributed by atoms with Crippen LogP contribution in [0.4, 0.5) is 36.8 Å². The number of carbonyl (C=O) groups is 1. The lowest BCUT2D eigenvalue weighted by molar-refractivity contribution is -0.274. The van der Waals surface area contributed by atoms with Crippen LogP contribution >= 0.6 is 11.6 Å². The number of fused-ring (bicyclic) bond motifs is 1. The maximum atomic E-state index is 13.5.